The standard InChI is InChI=1S/3C32H36ClFN8O/c3*1-4-26(43)41-13-14-42(19(3)17-41)31-22-15-24(33)28(27-18(2)5-8-25-23(27)16-35-39-25)29(34)30(22)37-32(38-31)36-20-9-11-40(12-10-20)21-6-7-21/h3*4-5,8,15-16,19-21H,1,6-7,9-14,17H2,2-3H3,(H,35,39)(H,36,37,38)/t3*19-/m000/s1. The summed E-state index contributed by atoms with van der Waals surface area (Å²) in [6, 6.07) is 19.7. The van der Waals surface area contributed by atoms with E-state index in [1.165, 1.54) is 56.8 Å². The first-order valence-electron chi connectivity index (χ1n) is 45.4. The summed E-state index contributed by atoms with van der Waals surface area (Å²) in [4.78, 5) is 85.9. The number of carbonyl (C=O) groups is 3. The highest BCUT2D eigenvalue weighted by atomic mass is 35.5. The van der Waals surface area contributed by atoms with Crippen LogP contribution < -0.4 is 30.7 Å². The Balaban J connectivity index is 0.000000126. The predicted molar refractivity (Wildman–Crippen MR) is 507 cm³/mol. The number of rotatable bonds is 18. The van der Waals surface area contributed by atoms with Crippen LogP contribution in [0.2, 0.25) is 15.1 Å². The smallest absolute Gasteiger partial charge is 0.246 e. The monoisotopic (exact) mass is 1810 g/mol. The quantitative estimate of drug-likeness (QED) is 0.0435. The number of halogens is 6. The number of hydrogen-bond acceptors (Lipinski definition) is 21. The number of aromatic nitrogens is 12. The number of hydrogen-bond donors (Lipinski definition) is 6. The van der Waals surface area contributed by atoms with Crippen molar-refractivity contribution in [3.8, 4) is 33.4 Å². The van der Waals surface area contributed by atoms with E-state index in [0.29, 0.717) is 144 Å². The number of piperidine rings is 3. The molecule has 3 atom stereocenters. The molecule has 0 unspecified atom stereocenters. The maximum atomic E-state index is 16.9. The molecule has 9 aliphatic rings. The molecule has 0 spiro atoms. The van der Waals surface area contributed by atoms with Crippen molar-refractivity contribution in [1.82, 2.24) is 89.9 Å². The molecule has 33 heteroatoms. The van der Waals surface area contributed by atoms with E-state index in [0.717, 1.165) is 145 Å². The minimum absolute atomic E-state index is 0.0613. The lowest BCUT2D eigenvalue weighted by molar-refractivity contribution is -0.127. The normalized spacial score (nSPS) is 20.2. The third kappa shape index (κ3) is 17.3. The fourth-order valence-corrected chi connectivity index (χ4v) is 21.2. The molecule has 12 heterocycles. The van der Waals surface area contributed by atoms with Crippen molar-refractivity contribution < 1.29 is 27.6 Å². The minimum atomic E-state index is -0.484. The van der Waals surface area contributed by atoms with Crippen LogP contribution in [0.4, 0.5) is 48.5 Å². The lowest BCUT2D eigenvalue weighted by Gasteiger charge is -2.40. The van der Waals surface area contributed by atoms with E-state index >= 15 is 13.2 Å². The minimum Gasteiger partial charge on any atom is -0.351 e. The van der Waals surface area contributed by atoms with Crippen molar-refractivity contribution >= 4 is 153 Å². The van der Waals surface area contributed by atoms with Crippen LogP contribution in [0.25, 0.3) is 98.8 Å². The topological polar surface area (TPSA) is 280 Å². The zero-order valence-electron chi connectivity index (χ0n) is 73.6. The average Bonchev–Trinajstić information content (AvgIpc) is 1.65. The van der Waals surface area contributed by atoms with Gasteiger partial charge < -0.3 is 60.0 Å². The van der Waals surface area contributed by atoms with Gasteiger partial charge in [0, 0.05) is 218 Å². The SMILES string of the molecule is C=CC(=O)N1CCN(c2nc(NC3CCN(C4CC4)CC3)nc3c(F)c(-c4c(C)ccc5[nH]ncc45)c(Cl)cc23)[C@@H](C)C1.C=CC(=O)N1CCN(c2nc(NC3CCN(C4CC4)CC3)nc3c(F)c(-c4c(C)ccc5[nH]ncc45)c(Cl)cc23)[C@@H](C)C1.C=CC(=O)N1CCN(c2nc(NC3CCN(C4CC4)CC3)nc3c(F)c(-c4c(C)ccc5[nH]ncc45)c(Cl)cc23)[C@@H](C)C1. The third-order valence-corrected chi connectivity index (χ3v) is 28.7. The second-order valence-corrected chi connectivity index (χ2v) is 37.6. The summed E-state index contributed by atoms with van der Waals surface area (Å²) in [6.07, 6.45) is 22.9. The molecule has 6 aliphatic heterocycles. The third-order valence-electron chi connectivity index (χ3n) is 27.8. The molecule has 6 aromatic carbocycles. The van der Waals surface area contributed by atoms with E-state index in [1.54, 1.807) is 51.5 Å². The average molecular weight is 1810 g/mol. The van der Waals surface area contributed by atoms with Crippen LogP contribution >= 0.6 is 34.8 Å². The highest BCUT2D eigenvalue weighted by Gasteiger charge is 2.40. The summed E-state index contributed by atoms with van der Waals surface area (Å²) in [7, 11) is 0. The molecule has 0 bridgehead atoms. The maximum Gasteiger partial charge on any atom is 0.246 e. The van der Waals surface area contributed by atoms with Crippen molar-refractivity contribution in [3.05, 3.63) is 160 Å². The number of benzene rings is 6. The molecular formula is C96H108Cl3F3N24O3. The molecule has 3 aliphatic carbocycles. The van der Waals surface area contributed by atoms with Crippen molar-refractivity contribution in [2.24, 2.45) is 0 Å². The molecule has 6 saturated heterocycles. The molecule has 129 heavy (non-hydrogen) atoms. The largest absolute Gasteiger partial charge is 0.351 e. The van der Waals surface area contributed by atoms with E-state index < -0.39 is 17.5 Å². The zero-order chi connectivity index (χ0) is 89.5. The van der Waals surface area contributed by atoms with Gasteiger partial charge in [0.1, 0.15) is 34.0 Å². The number of carbonyl (C=O) groups excluding carboxylic acids is 3. The van der Waals surface area contributed by atoms with Crippen molar-refractivity contribution in [3.63, 3.8) is 0 Å². The van der Waals surface area contributed by atoms with Gasteiger partial charge in [-0.05, 0) is 190 Å². The first-order chi connectivity index (χ1) is 62.5. The van der Waals surface area contributed by atoms with Gasteiger partial charge in [-0.25, -0.2) is 28.1 Å². The molecule has 6 aromatic heterocycles. The number of nitrogens with zero attached hydrogens (tertiary/aromatic N) is 18. The van der Waals surface area contributed by atoms with Crippen LogP contribution in [0.5, 0.6) is 0 Å². The Morgan fingerprint density at radius 2 is 0.636 bits per heavy atom. The number of amides is 3. The van der Waals surface area contributed by atoms with Gasteiger partial charge in [0.2, 0.25) is 35.6 Å². The lowest BCUT2D eigenvalue weighted by Crippen LogP contribution is -2.53. The molecule has 3 saturated carbocycles. The molecule has 21 rings (SSSR count). The molecule has 9 fully saturated rings. The molecule has 3 amide bonds. The van der Waals surface area contributed by atoms with Crippen LogP contribution in [0.3, 0.4) is 0 Å². The number of aryl methyl sites for hydroxylation is 3. The summed E-state index contributed by atoms with van der Waals surface area (Å²) in [5.41, 5.74) is 8.76. The Kier molecular flexibility index (Phi) is 24.4. The first kappa shape index (κ1) is 87.1. The predicted octanol–water partition coefficient (Wildman–Crippen LogP) is 16.6. The summed E-state index contributed by atoms with van der Waals surface area (Å²) < 4.78 is 50.6. The number of fused-ring (bicyclic) bond motifs is 6. The van der Waals surface area contributed by atoms with Gasteiger partial charge >= 0.3 is 0 Å². The van der Waals surface area contributed by atoms with Crippen molar-refractivity contribution in [2.75, 3.05) is 129 Å². The molecular weight excluding hydrogens is 1700 g/mol. The second-order valence-electron chi connectivity index (χ2n) is 36.4. The lowest BCUT2D eigenvalue weighted by atomic mass is 9.95. The Hall–Kier alpha value is -11.3. The fraction of sp³-hybridized carbons (Fsp3) is 0.438. The van der Waals surface area contributed by atoms with Crippen LogP contribution in [0, 0.1) is 38.2 Å². The zero-order valence-corrected chi connectivity index (χ0v) is 75.9. The summed E-state index contributed by atoms with van der Waals surface area (Å²) >= 11 is 20.8. The Bertz CT molecular complexity index is 5790. The Labute approximate surface area is 761 Å². The van der Waals surface area contributed by atoms with Crippen LogP contribution in [-0.2, 0) is 14.4 Å². The number of piperazine rings is 3. The Morgan fingerprint density at radius 3 is 0.876 bits per heavy atom. The van der Waals surface area contributed by atoms with E-state index in [9.17, 15) is 14.4 Å². The van der Waals surface area contributed by atoms with Gasteiger partial charge in [0.05, 0.1) is 50.2 Å². The van der Waals surface area contributed by atoms with E-state index in [4.69, 9.17) is 64.7 Å². The summed E-state index contributed by atoms with van der Waals surface area (Å²) in [5.74, 6) is 1.35. The molecule has 6 N–H and O–H groups in total. The van der Waals surface area contributed by atoms with Crippen LogP contribution in [0.1, 0.15) is 115 Å². The number of aromatic amines is 3. The number of anilines is 6. The van der Waals surface area contributed by atoms with Crippen molar-refractivity contribution in [2.45, 2.75) is 173 Å². The molecule has 12 aromatic rings. The highest BCUT2D eigenvalue weighted by Crippen LogP contribution is 2.48. The highest BCUT2D eigenvalue weighted by molar-refractivity contribution is 6.36. The van der Waals surface area contributed by atoms with Gasteiger partial charge in [-0.15, -0.1) is 0 Å². The molecule has 672 valence electrons. The van der Waals surface area contributed by atoms with Crippen LogP contribution in [0.15, 0.2) is 111 Å². The van der Waals surface area contributed by atoms with Gasteiger partial charge in [-0.1, -0.05) is 72.7 Å². The first-order valence-corrected chi connectivity index (χ1v) is 46.5. The number of H-pyrrole nitrogens is 3. The maximum absolute atomic E-state index is 16.9. The number of nitrogens with one attached hydrogen (secondary N) is 6. The molecule has 27 nitrogen and oxygen atoms in total. The fourth-order valence-electron chi connectivity index (χ4n) is 20.4. The van der Waals surface area contributed by atoms with E-state index in [1.807, 2.05) is 77.9 Å². The van der Waals surface area contributed by atoms with Gasteiger partial charge in [0.25, 0.3) is 0 Å². The van der Waals surface area contributed by atoms with E-state index in [2.05, 4.69) is 95.7 Å². The van der Waals surface area contributed by atoms with Crippen LogP contribution in [-0.4, -0.2) is 260 Å². The summed E-state index contributed by atoms with van der Waals surface area (Å²) in [5, 5.41) is 37.1. The van der Waals surface area contributed by atoms with Crippen molar-refractivity contribution in [1.29, 1.82) is 0 Å². The van der Waals surface area contributed by atoms with Gasteiger partial charge in [-0.3, -0.25) is 29.7 Å². The molecule has 0 radical (unpaired) electrons. The second kappa shape index (κ2) is 36.2. The van der Waals surface area contributed by atoms with Gasteiger partial charge in [0.15, 0.2) is 17.5 Å². The van der Waals surface area contributed by atoms with Gasteiger partial charge in [-0.2, -0.15) is 30.2 Å². The summed E-state index contributed by atoms with van der Waals surface area (Å²) in [6.45, 7) is 33.8. The number of likely N-dealkylation sites (tertiary alicyclic amines) is 3. The van der Waals surface area contributed by atoms with E-state index in [-0.39, 0.29) is 85.6 Å². The Morgan fingerprint density at radius 1 is 0.372 bits per heavy atom.